The molecule has 0 atom stereocenters. The van der Waals surface area contributed by atoms with E-state index in [4.69, 9.17) is 0 Å². The summed E-state index contributed by atoms with van der Waals surface area (Å²) in [7, 11) is 0. The van der Waals surface area contributed by atoms with Crippen molar-refractivity contribution in [2.24, 2.45) is 0 Å². The van der Waals surface area contributed by atoms with Gasteiger partial charge in [0.25, 0.3) is 5.91 Å². The van der Waals surface area contributed by atoms with E-state index in [1.54, 1.807) is 24.3 Å². The van der Waals surface area contributed by atoms with Gasteiger partial charge in [0.2, 0.25) is 5.95 Å². The number of carbonyl (C=O) groups is 1. The van der Waals surface area contributed by atoms with Gasteiger partial charge in [0.05, 0.1) is 5.56 Å². The number of halogens is 2. The summed E-state index contributed by atoms with van der Waals surface area (Å²) in [5, 5.41) is 5.85. The second-order valence-electron chi connectivity index (χ2n) is 6.23. The molecule has 0 saturated heterocycles. The van der Waals surface area contributed by atoms with Crippen LogP contribution in [-0.2, 0) is 12.8 Å². The predicted molar refractivity (Wildman–Crippen MR) is 103 cm³/mol. The van der Waals surface area contributed by atoms with Crippen molar-refractivity contribution in [1.29, 1.82) is 0 Å². The first-order valence-corrected chi connectivity index (χ1v) is 8.93. The Kier molecular flexibility index (Phi) is 6.62. The van der Waals surface area contributed by atoms with Crippen LogP contribution in [0.25, 0.3) is 0 Å². The molecule has 0 spiro atoms. The number of nitrogens with one attached hydrogen (secondary N) is 2. The van der Waals surface area contributed by atoms with Crippen LogP contribution >= 0.6 is 0 Å². The SMILES string of the molecule is O=C(NCCc1ccc(F)cc1)c1cnc(NCCc2ccc(F)cc2)nc1. The van der Waals surface area contributed by atoms with Gasteiger partial charge in [-0.2, -0.15) is 0 Å². The second kappa shape index (κ2) is 9.55. The molecule has 0 bridgehead atoms. The van der Waals surface area contributed by atoms with Gasteiger partial charge in [0.1, 0.15) is 11.6 Å². The lowest BCUT2D eigenvalue weighted by Crippen LogP contribution is -2.26. The molecule has 144 valence electrons. The van der Waals surface area contributed by atoms with E-state index in [0.29, 0.717) is 37.4 Å². The number of hydrogen-bond donors (Lipinski definition) is 2. The van der Waals surface area contributed by atoms with E-state index in [0.717, 1.165) is 11.1 Å². The fourth-order valence-corrected chi connectivity index (χ4v) is 2.58. The van der Waals surface area contributed by atoms with Gasteiger partial charge in [-0.25, -0.2) is 18.7 Å². The van der Waals surface area contributed by atoms with Crippen LogP contribution in [0.3, 0.4) is 0 Å². The van der Waals surface area contributed by atoms with Crippen LogP contribution in [-0.4, -0.2) is 29.0 Å². The summed E-state index contributed by atoms with van der Waals surface area (Å²) >= 11 is 0. The molecule has 0 saturated carbocycles. The molecule has 0 aliphatic carbocycles. The highest BCUT2D eigenvalue weighted by molar-refractivity contribution is 5.93. The van der Waals surface area contributed by atoms with Gasteiger partial charge < -0.3 is 10.6 Å². The average molecular weight is 382 g/mol. The van der Waals surface area contributed by atoms with E-state index in [1.807, 2.05) is 0 Å². The fourth-order valence-electron chi connectivity index (χ4n) is 2.58. The molecule has 7 heteroatoms. The molecule has 3 aromatic rings. The first-order chi connectivity index (χ1) is 13.6. The number of benzene rings is 2. The summed E-state index contributed by atoms with van der Waals surface area (Å²) in [5.74, 6) is -0.382. The molecule has 3 rings (SSSR count). The van der Waals surface area contributed by atoms with Gasteiger partial charge >= 0.3 is 0 Å². The smallest absolute Gasteiger partial charge is 0.254 e. The maximum atomic E-state index is 12.9. The zero-order valence-corrected chi connectivity index (χ0v) is 15.2. The van der Waals surface area contributed by atoms with E-state index in [-0.39, 0.29) is 17.5 Å². The number of anilines is 1. The molecule has 28 heavy (non-hydrogen) atoms. The van der Waals surface area contributed by atoms with Crippen LogP contribution in [0.1, 0.15) is 21.5 Å². The van der Waals surface area contributed by atoms with E-state index in [1.165, 1.54) is 36.7 Å². The minimum atomic E-state index is -0.281. The molecule has 0 radical (unpaired) electrons. The summed E-state index contributed by atoms with van der Waals surface area (Å²) in [6.45, 7) is 1.02. The van der Waals surface area contributed by atoms with Crippen molar-refractivity contribution in [3.63, 3.8) is 0 Å². The Morgan fingerprint density at radius 3 is 1.82 bits per heavy atom. The number of nitrogens with zero attached hydrogens (tertiary/aromatic N) is 2. The Morgan fingerprint density at radius 1 is 0.786 bits per heavy atom. The van der Waals surface area contributed by atoms with Gasteiger partial charge in [-0.1, -0.05) is 24.3 Å². The molecular weight excluding hydrogens is 362 g/mol. The lowest BCUT2D eigenvalue weighted by Gasteiger charge is -2.07. The maximum Gasteiger partial charge on any atom is 0.254 e. The van der Waals surface area contributed by atoms with E-state index >= 15 is 0 Å². The Bertz CT molecular complexity index is 897. The summed E-state index contributed by atoms with van der Waals surface area (Å²) in [6.07, 6.45) is 4.23. The van der Waals surface area contributed by atoms with Crippen molar-refractivity contribution in [2.45, 2.75) is 12.8 Å². The maximum absolute atomic E-state index is 12.9. The first kappa shape index (κ1) is 19.4. The summed E-state index contributed by atoms with van der Waals surface area (Å²) in [5.41, 5.74) is 2.31. The zero-order chi connectivity index (χ0) is 19.8. The third-order valence-electron chi connectivity index (χ3n) is 4.14. The number of rotatable bonds is 8. The minimum Gasteiger partial charge on any atom is -0.354 e. The van der Waals surface area contributed by atoms with Crippen molar-refractivity contribution in [1.82, 2.24) is 15.3 Å². The monoisotopic (exact) mass is 382 g/mol. The molecule has 2 aromatic carbocycles. The Morgan fingerprint density at radius 2 is 1.29 bits per heavy atom. The molecule has 2 N–H and O–H groups in total. The quantitative estimate of drug-likeness (QED) is 0.627. The highest BCUT2D eigenvalue weighted by Gasteiger charge is 2.07. The second-order valence-corrected chi connectivity index (χ2v) is 6.23. The van der Waals surface area contributed by atoms with Crippen LogP contribution < -0.4 is 10.6 Å². The molecule has 1 aromatic heterocycles. The topological polar surface area (TPSA) is 66.9 Å². The lowest BCUT2D eigenvalue weighted by molar-refractivity contribution is 0.0953. The van der Waals surface area contributed by atoms with Gasteiger partial charge in [-0.3, -0.25) is 4.79 Å². The standard InChI is InChI=1S/C21H20F2N4O/c22-18-5-1-15(2-6-18)9-11-24-20(28)17-13-26-21(27-14-17)25-12-10-16-3-7-19(23)8-4-16/h1-8,13-14H,9-12H2,(H,24,28)(H,25,26,27). The van der Waals surface area contributed by atoms with Crippen molar-refractivity contribution >= 4 is 11.9 Å². The van der Waals surface area contributed by atoms with Gasteiger partial charge in [-0.05, 0) is 48.2 Å². The minimum absolute atomic E-state index is 0.258. The van der Waals surface area contributed by atoms with E-state index < -0.39 is 0 Å². The highest BCUT2D eigenvalue weighted by Crippen LogP contribution is 2.06. The molecule has 1 heterocycles. The third-order valence-corrected chi connectivity index (χ3v) is 4.14. The zero-order valence-electron chi connectivity index (χ0n) is 15.2. The van der Waals surface area contributed by atoms with Crippen molar-refractivity contribution < 1.29 is 13.6 Å². The van der Waals surface area contributed by atoms with Crippen molar-refractivity contribution in [3.05, 3.63) is 89.2 Å². The average Bonchev–Trinajstić information content (AvgIpc) is 2.71. The number of aromatic nitrogens is 2. The van der Waals surface area contributed by atoms with Crippen LogP contribution in [0.5, 0.6) is 0 Å². The van der Waals surface area contributed by atoms with Gasteiger partial charge in [0.15, 0.2) is 0 Å². The fraction of sp³-hybridized carbons (Fsp3) is 0.190. The molecule has 0 aliphatic rings. The van der Waals surface area contributed by atoms with Crippen LogP contribution in [0.4, 0.5) is 14.7 Å². The largest absolute Gasteiger partial charge is 0.354 e. The Hall–Kier alpha value is -3.35. The van der Waals surface area contributed by atoms with Gasteiger partial charge in [0, 0.05) is 25.5 Å². The number of amides is 1. The van der Waals surface area contributed by atoms with E-state index in [2.05, 4.69) is 20.6 Å². The summed E-state index contributed by atoms with van der Waals surface area (Å²) in [6, 6.07) is 12.5. The summed E-state index contributed by atoms with van der Waals surface area (Å²) < 4.78 is 25.7. The molecule has 0 aliphatic heterocycles. The third kappa shape index (κ3) is 5.84. The molecule has 1 amide bonds. The molecule has 0 unspecified atom stereocenters. The first-order valence-electron chi connectivity index (χ1n) is 8.93. The normalized spacial score (nSPS) is 10.5. The Balaban J connectivity index is 1.42. The molecule has 5 nitrogen and oxygen atoms in total. The molecule has 0 fully saturated rings. The number of hydrogen-bond acceptors (Lipinski definition) is 4. The Labute approximate surface area is 161 Å². The highest BCUT2D eigenvalue weighted by atomic mass is 19.1. The predicted octanol–water partition coefficient (Wildman–Crippen LogP) is 3.38. The number of carbonyl (C=O) groups excluding carboxylic acids is 1. The van der Waals surface area contributed by atoms with Crippen LogP contribution in [0.15, 0.2) is 60.9 Å². The van der Waals surface area contributed by atoms with Gasteiger partial charge in [-0.15, -0.1) is 0 Å². The van der Waals surface area contributed by atoms with Crippen LogP contribution in [0, 0.1) is 11.6 Å². The summed E-state index contributed by atoms with van der Waals surface area (Å²) in [4.78, 5) is 20.4. The van der Waals surface area contributed by atoms with Crippen molar-refractivity contribution in [2.75, 3.05) is 18.4 Å². The van der Waals surface area contributed by atoms with E-state index in [9.17, 15) is 13.6 Å². The van der Waals surface area contributed by atoms with Crippen molar-refractivity contribution in [3.8, 4) is 0 Å². The molecular formula is C21H20F2N4O. The lowest BCUT2D eigenvalue weighted by atomic mass is 10.1. The van der Waals surface area contributed by atoms with Crippen LogP contribution in [0.2, 0.25) is 0 Å².